The normalized spacial score (nSPS) is 15.5. The van der Waals surface area contributed by atoms with Gasteiger partial charge in [0.15, 0.2) is 11.4 Å². The van der Waals surface area contributed by atoms with E-state index < -0.39 is 64.2 Å². The summed E-state index contributed by atoms with van der Waals surface area (Å²) in [6.45, 7) is -0.595. The van der Waals surface area contributed by atoms with Gasteiger partial charge in [0.25, 0.3) is 11.8 Å². The maximum Gasteiger partial charge on any atom is 0.279 e. The first-order chi connectivity index (χ1) is 20.2. The van der Waals surface area contributed by atoms with Crippen LogP contribution in [0.3, 0.4) is 0 Å². The van der Waals surface area contributed by atoms with Crippen LogP contribution < -0.4 is 20.4 Å². The molecule has 2 aliphatic heterocycles. The van der Waals surface area contributed by atoms with E-state index in [9.17, 15) is 31.9 Å². The number of carbonyl (C=O) groups excluding carboxylic acids is 2. The van der Waals surface area contributed by atoms with Gasteiger partial charge >= 0.3 is 0 Å². The number of nitrogens with zero attached hydrogens (tertiary/aromatic N) is 2. The minimum Gasteiger partial charge on any atom is -0.483 e. The standard InChI is InChI=1S/C31H23F4N3O4/c32-18-11-24(34)21(25(35)12-18)13-36-30(40)22-15-37-19-9-10-20-23(33)7-4-8-26(20)38(14-19)31(41)27(37)29(28(22)39)42-16-17-5-2-1-3-6-17/h1-8,11-12,15,19H,9-10,13-14,16H2,(H,36,40)/t19-/m1/s1. The van der Waals surface area contributed by atoms with Gasteiger partial charge in [-0.1, -0.05) is 36.4 Å². The highest BCUT2D eigenvalue weighted by Gasteiger charge is 2.39. The van der Waals surface area contributed by atoms with Crippen LogP contribution in [0.1, 0.15) is 50.0 Å². The summed E-state index contributed by atoms with van der Waals surface area (Å²) in [4.78, 5) is 42.3. The van der Waals surface area contributed by atoms with Gasteiger partial charge in [0, 0.05) is 42.5 Å². The van der Waals surface area contributed by atoms with Crippen LogP contribution in [0.25, 0.3) is 0 Å². The zero-order valence-electron chi connectivity index (χ0n) is 22.0. The number of amides is 2. The Balaban J connectivity index is 1.42. The van der Waals surface area contributed by atoms with Crippen molar-refractivity contribution in [3.63, 3.8) is 0 Å². The number of nitrogens with one attached hydrogen (secondary N) is 1. The summed E-state index contributed by atoms with van der Waals surface area (Å²) in [5.41, 5.74) is -0.519. The molecule has 42 heavy (non-hydrogen) atoms. The van der Waals surface area contributed by atoms with Crippen molar-refractivity contribution in [2.24, 2.45) is 0 Å². The molecular formula is C31H23F4N3O4. The number of aromatic nitrogens is 1. The number of hydrogen-bond donors (Lipinski definition) is 1. The maximum atomic E-state index is 14.7. The van der Waals surface area contributed by atoms with Crippen LogP contribution in [0.15, 0.2) is 71.7 Å². The Morgan fingerprint density at radius 3 is 2.43 bits per heavy atom. The van der Waals surface area contributed by atoms with E-state index in [1.54, 1.807) is 36.4 Å². The second-order valence-corrected chi connectivity index (χ2v) is 10.1. The Labute approximate surface area is 237 Å². The molecule has 3 aromatic carbocycles. The van der Waals surface area contributed by atoms with Crippen molar-refractivity contribution >= 4 is 17.5 Å². The zero-order chi connectivity index (χ0) is 29.5. The Hall–Kier alpha value is -4.93. The molecule has 7 nitrogen and oxygen atoms in total. The van der Waals surface area contributed by atoms with Crippen LogP contribution in [-0.2, 0) is 19.6 Å². The molecule has 0 radical (unpaired) electrons. The topological polar surface area (TPSA) is 80.6 Å². The molecule has 4 aromatic rings. The predicted octanol–water partition coefficient (Wildman–Crippen LogP) is 5.06. The molecule has 6 rings (SSSR count). The minimum atomic E-state index is -1.20. The van der Waals surface area contributed by atoms with Gasteiger partial charge in [0.1, 0.15) is 35.4 Å². The van der Waals surface area contributed by atoms with Crippen molar-refractivity contribution in [1.82, 2.24) is 9.88 Å². The van der Waals surface area contributed by atoms with Crippen LogP contribution in [-0.4, -0.2) is 22.9 Å². The third-order valence-corrected chi connectivity index (χ3v) is 7.54. The number of hydrogen-bond acceptors (Lipinski definition) is 4. The summed E-state index contributed by atoms with van der Waals surface area (Å²) < 4.78 is 63.8. The molecule has 0 unspecified atom stereocenters. The van der Waals surface area contributed by atoms with E-state index in [0.717, 1.165) is 0 Å². The summed E-state index contributed by atoms with van der Waals surface area (Å²) in [6, 6.07) is 13.9. The van der Waals surface area contributed by atoms with Crippen molar-refractivity contribution in [1.29, 1.82) is 0 Å². The van der Waals surface area contributed by atoms with Crippen molar-refractivity contribution in [2.75, 3.05) is 11.4 Å². The Morgan fingerprint density at radius 1 is 0.952 bits per heavy atom. The van der Waals surface area contributed by atoms with Gasteiger partial charge in [0.05, 0.1) is 11.7 Å². The maximum absolute atomic E-state index is 14.7. The van der Waals surface area contributed by atoms with E-state index in [1.807, 2.05) is 0 Å². The van der Waals surface area contributed by atoms with Crippen LogP contribution in [0.4, 0.5) is 23.2 Å². The molecule has 2 aliphatic rings. The highest BCUT2D eigenvalue weighted by Crippen LogP contribution is 2.38. The van der Waals surface area contributed by atoms with Crippen LogP contribution >= 0.6 is 0 Å². The molecule has 2 amide bonds. The summed E-state index contributed by atoms with van der Waals surface area (Å²) >= 11 is 0. The number of anilines is 1. The van der Waals surface area contributed by atoms with Crippen molar-refractivity contribution in [3.05, 3.63) is 128 Å². The van der Waals surface area contributed by atoms with E-state index in [4.69, 9.17) is 4.74 Å². The third-order valence-electron chi connectivity index (χ3n) is 7.54. The van der Waals surface area contributed by atoms with Crippen LogP contribution in [0, 0.1) is 23.3 Å². The van der Waals surface area contributed by atoms with E-state index >= 15 is 0 Å². The van der Waals surface area contributed by atoms with Crippen molar-refractivity contribution in [3.8, 4) is 5.75 Å². The second-order valence-electron chi connectivity index (χ2n) is 10.1. The van der Waals surface area contributed by atoms with Crippen molar-refractivity contribution in [2.45, 2.75) is 32.0 Å². The molecule has 214 valence electrons. The molecule has 1 N–H and O–H groups in total. The Morgan fingerprint density at radius 2 is 1.69 bits per heavy atom. The Bertz CT molecular complexity index is 1770. The van der Waals surface area contributed by atoms with Gasteiger partial charge in [-0.25, -0.2) is 17.6 Å². The molecule has 0 aliphatic carbocycles. The predicted molar refractivity (Wildman–Crippen MR) is 144 cm³/mol. The van der Waals surface area contributed by atoms with Crippen molar-refractivity contribution < 1.29 is 31.9 Å². The van der Waals surface area contributed by atoms with Crippen LogP contribution in [0.5, 0.6) is 5.75 Å². The Kier molecular flexibility index (Phi) is 7.01. The SMILES string of the molecule is O=C(NCc1c(F)cc(F)cc1F)c1cn2c(c(OCc3ccccc3)c1=O)C(=O)N1C[C@H]2CCc2c(F)cccc21. The molecule has 3 heterocycles. The van der Waals surface area contributed by atoms with Crippen LogP contribution in [0.2, 0.25) is 0 Å². The molecule has 0 spiro atoms. The molecule has 1 atom stereocenters. The molecule has 11 heteroatoms. The lowest BCUT2D eigenvalue weighted by atomic mass is 10.0. The number of fused-ring (bicyclic) bond motifs is 6. The lowest BCUT2D eigenvalue weighted by Gasteiger charge is -2.35. The smallest absolute Gasteiger partial charge is 0.279 e. The fraction of sp³-hybridized carbons (Fsp3) is 0.194. The summed E-state index contributed by atoms with van der Waals surface area (Å²) in [6.07, 6.45) is 1.91. The summed E-state index contributed by atoms with van der Waals surface area (Å²) in [5.74, 6) is -5.89. The quantitative estimate of drug-likeness (QED) is 0.325. The van der Waals surface area contributed by atoms with Gasteiger partial charge in [-0.3, -0.25) is 14.4 Å². The summed E-state index contributed by atoms with van der Waals surface area (Å²) in [7, 11) is 0. The molecular weight excluding hydrogens is 554 g/mol. The molecule has 1 aromatic heterocycles. The number of carbonyl (C=O) groups is 2. The number of benzene rings is 3. The van der Waals surface area contributed by atoms with Gasteiger partial charge in [-0.05, 0) is 30.5 Å². The van der Waals surface area contributed by atoms with E-state index in [-0.39, 0.29) is 24.6 Å². The number of ether oxygens (including phenoxy) is 1. The molecule has 0 fully saturated rings. The molecule has 2 bridgehead atoms. The fourth-order valence-electron chi connectivity index (χ4n) is 5.44. The monoisotopic (exact) mass is 577 g/mol. The highest BCUT2D eigenvalue weighted by atomic mass is 19.1. The second kappa shape index (κ2) is 10.8. The van der Waals surface area contributed by atoms with Gasteiger partial charge in [-0.2, -0.15) is 0 Å². The number of rotatable bonds is 6. The zero-order valence-corrected chi connectivity index (χ0v) is 22.0. The van der Waals surface area contributed by atoms with E-state index in [2.05, 4.69) is 5.32 Å². The molecule has 0 saturated carbocycles. The minimum absolute atomic E-state index is 0.0866. The first-order valence-electron chi connectivity index (χ1n) is 13.2. The first-order valence-corrected chi connectivity index (χ1v) is 13.2. The third kappa shape index (κ3) is 4.80. The van der Waals surface area contributed by atoms with E-state index in [0.29, 0.717) is 41.8 Å². The van der Waals surface area contributed by atoms with E-state index in [1.165, 1.54) is 27.8 Å². The van der Waals surface area contributed by atoms with Gasteiger partial charge in [-0.15, -0.1) is 0 Å². The highest BCUT2D eigenvalue weighted by molar-refractivity contribution is 6.09. The van der Waals surface area contributed by atoms with Gasteiger partial charge in [0.2, 0.25) is 5.43 Å². The average molecular weight is 578 g/mol. The first kappa shape index (κ1) is 27.3. The molecule has 0 saturated heterocycles. The number of halogens is 4. The van der Waals surface area contributed by atoms with Gasteiger partial charge < -0.3 is 19.5 Å². The fourth-order valence-corrected chi connectivity index (χ4v) is 5.44. The largest absolute Gasteiger partial charge is 0.483 e. The average Bonchev–Trinajstić information content (AvgIpc) is 3.14. The number of pyridine rings is 1. The summed E-state index contributed by atoms with van der Waals surface area (Å²) in [5, 5.41) is 2.31. The lowest BCUT2D eigenvalue weighted by Crippen LogP contribution is -2.45. The lowest BCUT2D eigenvalue weighted by molar-refractivity contribution is 0.0927.